The summed E-state index contributed by atoms with van der Waals surface area (Å²) in [7, 11) is 1.85. The third-order valence-corrected chi connectivity index (χ3v) is 2.91. The van der Waals surface area contributed by atoms with Gasteiger partial charge in [0.2, 0.25) is 0 Å². The Morgan fingerprint density at radius 3 is 2.57 bits per heavy atom. The second kappa shape index (κ2) is 6.19. The fourth-order valence-electron chi connectivity index (χ4n) is 1.87. The summed E-state index contributed by atoms with van der Waals surface area (Å²) < 4.78 is 0. The zero-order valence-corrected chi connectivity index (χ0v) is 9.99. The Hall–Kier alpha value is -0.350. The molecule has 1 rings (SSSR count). The second-order valence-electron chi connectivity index (χ2n) is 3.99. The molecule has 0 bridgehead atoms. The van der Waals surface area contributed by atoms with E-state index < -0.39 is 0 Å². The molecule has 1 aliphatic rings. The standard InChI is InChI=1S/C10H21N3S/c1-9(12-10(14)11-2)8-13-6-4-3-5-7-13/h9H,3-8H2,1-2H3,(H2,11,12,14). The molecule has 0 aromatic carbocycles. The van der Waals surface area contributed by atoms with Crippen molar-refractivity contribution in [2.45, 2.75) is 32.2 Å². The van der Waals surface area contributed by atoms with Crippen LogP contribution in [0.3, 0.4) is 0 Å². The highest BCUT2D eigenvalue weighted by molar-refractivity contribution is 7.80. The van der Waals surface area contributed by atoms with Crippen LogP contribution in [0, 0.1) is 0 Å². The molecular weight excluding hydrogens is 194 g/mol. The molecule has 1 saturated heterocycles. The Labute approximate surface area is 92.2 Å². The molecule has 0 aromatic rings. The second-order valence-corrected chi connectivity index (χ2v) is 4.39. The fraction of sp³-hybridized carbons (Fsp3) is 0.900. The normalized spacial score (nSPS) is 20.1. The largest absolute Gasteiger partial charge is 0.366 e. The van der Waals surface area contributed by atoms with Gasteiger partial charge in [-0.15, -0.1) is 0 Å². The monoisotopic (exact) mass is 215 g/mol. The molecule has 1 atom stereocenters. The number of thiocarbonyl (C=S) groups is 1. The van der Waals surface area contributed by atoms with E-state index in [9.17, 15) is 0 Å². The lowest BCUT2D eigenvalue weighted by atomic mass is 10.1. The smallest absolute Gasteiger partial charge is 0.166 e. The van der Waals surface area contributed by atoms with Gasteiger partial charge < -0.3 is 15.5 Å². The molecule has 82 valence electrons. The van der Waals surface area contributed by atoms with Crippen LogP contribution in [0.5, 0.6) is 0 Å². The maximum absolute atomic E-state index is 5.06. The van der Waals surface area contributed by atoms with Crippen LogP contribution in [0.4, 0.5) is 0 Å². The minimum absolute atomic E-state index is 0.438. The van der Waals surface area contributed by atoms with Gasteiger partial charge in [-0.3, -0.25) is 0 Å². The first-order chi connectivity index (χ1) is 6.72. The summed E-state index contributed by atoms with van der Waals surface area (Å²) in [5.74, 6) is 0. The first kappa shape index (κ1) is 11.7. The Morgan fingerprint density at radius 1 is 1.36 bits per heavy atom. The molecule has 0 aromatic heterocycles. The van der Waals surface area contributed by atoms with Gasteiger partial charge in [0, 0.05) is 19.6 Å². The number of nitrogens with one attached hydrogen (secondary N) is 2. The Bertz CT molecular complexity index is 178. The highest BCUT2D eigenvalue weighted by atomic mass is 32.1. The van der Waals surface area contributed by atoms with Crippen molar-refractivity contribution in [1.82, 2.24) is 15.5 Å². The number of rotatable bonds is 3. The van der Waals surface area contributed by atoms with E-state index in [1.807, 2.05) is 7.05 Å². The van der Waals surface area contributed by atoms with Crippen molar-refractivity contribution in [2.75, 3.05) is 26.7 Å². The number of hydrogen-bond donors (Lipinski definition) is 2. The van der Waals surface area contributed by atoms with Crippen molar-refractivity contribution < 1.29 is 0 Å². The van der Waals surface area contributed by atoms with Crippen LogP contribution in [0.15, 0.2) is 0 Å². The van der Waals surface area contributed by atoms with Crippen molar-refractivity contribution in [3.05, 3.63) is 0 Å². The highest BCUT2D eigenvalue weighted by Crippen LogP contribution is 2.08. The van der Waals surface area contributed by atoms with Crippen LogP contribution in [-0.2, 0) is 0 Å². The summed E-state index contributed by atoms with van der Waals surface area (Å²) in [6, 6.07) is 0.438. The van der Waals surface area contributed by atoms with Crippen molar-refractivity contribution >= 4 is 17.3 Å². The maximum atomic E-state index is 5.06. The summed E-state index contributed by atoms with van der Waals surface area (Å²) in [4.78, 5) is 2.51. The average molecular weight is 215 g/mol. The number of nitrogens with zero attached hydrogens (tertiary/aromatic N) is 1. The van der Waals surface area contributed by atoms with E-state index >= 15 is 0 Å². The summed E-state index contributed by atoms with van der Waals surface area (Å²) >= 11 is 5.06. The van der Waals surface area contributed by atoms with Crippen molar-refractivity contribution in [3.8, 4) is 0 Å². The Kier molecular flexibility index (Phi) is 5.19. The molecule has 4 heteroatoms. The topological polar surface area (TPSA) is 27.3 Å². The minimum Gasteiger partial charge on any atom is -0.366 e. The average Bonchev–Trinajstić information content (AvgIpc) is 2.19. The zero-order chi connectivity index (χ0) is 10.4. The lowest BCUT2D eigenvalue weighted by Crippen LogP contribution is -2.46. The van der Waals surface area contributed by atoms with Gasteiger partial charge in [0.25, 0.3) is 0 Å². The van der Waals surface area contributed by atoms with Crippen LogP contribution < -0.4 is 10.6 Å². The van der Waals surface area contributed by atoms with E-state index in [2.05, 4.69) is 22.5 Å². The van der Waals surface area contributed by atoms with Crippen molar-refractivity contribution in [1.29, 1.82) is 0 Å². The van der Waals surface area contributed by atoms with Gasteiger partial charge in [-0.05, 0) is 45.1 Å². The predicted octanol–water partition coefficient (Wildman–Crippen LogP) is 0.955. The lowest BCUT2D eigenvalue weighted by Gasteiger charge is -2.29. The predicted molar refractivity (Wildman–Crippen MR) is 64.5 cm³/mol. The van der Waals surface area contributed by atoms with Crippen LogP contribution >= 0.6 is 12.2 Å². The minimum atomic E-state index is 0.438. The van der Waals surface area contributed by atoms with Crippen LogP contribution in [0.2, 0.25) is 0 Å². The first-order valence-electron chi connectivity index (χ1n) is 5.43. The summed E-state index contributed by atoms with van der Waals surface area (Å²) in [6.07, 6.45) is 4.10. The van der Waals surface area contributed by atoms with Crippen LogP contribution in [0.1, 0.15) is 26.2 Å². The first-order valence-corrected chi connectivity index (χ1v) is 5.84. The highest BCUT2D eigenvalue weighted by Gasteiger charge is 2.13. The van der Waals surface area contributed by atoms with Gasteiger partial charge in [0.05, 0.1) is 0 Å². The van der Waals surface area contributed by atoms with Gasteiger partial charge in [0.15, 0.2) is 5.11 Å². The van der Waals surface area contributed by atoms with E-state index in [1.54, 1.807) is 0 Å². The third-order valence-electron chi connectivity index (χ3n) is 2.59. The van der Waals surface area contributed by atoms with Crippen molar-refractivity contribution in [3.63, 3.8) is 0 Å². The zero-order valence-electron chi connectivity index (χ0n) is 9.18. The molecule has 0 spiro atoms. The van der Waals surface area contributed by atoms with E-state index in [0.29, 0.717) is 6.04 Å². The number of hydrogen-bond acceptors (Lipinski definition) is 2. The molecule has 2 N–H and O–H groups in total. The van der Waals surface area contributed by atoms with Crippen LogP contribution in [0.25, 0.3) is 0 Å². The SMILES string of the molecule is CNC(=S)NC(C)CN1CCCCC1. The van der Waals surface area contributed by atoms with Crippen LogP contribution in [-0.4, -0.2) is 42.7 Å². The quantitative estimate of drug-likeness (QED) is 0.686. The van der Waals surface area contributed by atoms with E-state index in [1.165, 1.54) is 32.4 Å². The van der Waals surface area contributed by atoms with Gasteiger partial charge in [0.1, 0.15) is 0 Å². The number of likely N-dealkylation sites (tertiary alicyclic amines) is 1. The summed E-state index contributed by atoms with van der Waals surface area (Å²) in [6.45, 7) is 5.77. The maximum Gasteiger partial charge on any atom is 0.166 e. The molecule has 1 unspecified atom stereocenters. The molecule has 0 saturated carbocycles. The molecule has 0 aliphatic carbocycles. The molecule has 14 heavy (non-hydrogen) atoms. The number of piperidine rings is 1. The Morgan fingerprint density at radius 2 is 2.00 bits per heavy atom. The molecule has 0 amide bonds. The molecular formula is C10H21N3S. The van der Waals surface area contributed by atoms with Gasteiger partial charge >= 0.3 is 0 Å². The molecule has 1 aliphatic heterocycles. The molecule has 0 radical (unpaired) electrons. The van der Waals surface area contributed by atoms with Crippen molar-refractivity contribution in [2.24, 2.45) is 0 Å². The fourth-order valence-corrected chi connectivity index (χ4v) is 2.07. The van der Waals surface area contributed by atoms with Gasteiger partial charge in [-0.1, -0.05) is 6.42 Å². The molecule has 1 fully saturated rings. The van der Waals surface area contributed by atoms with E-state index in [4.69, 9.17) is 12.2 Å². The lowest BCUT2D eigenvalue weighted by molar-refractivity contribution is 0.215. The van der Waals surface area contributed by atoms with Gasteiger partial charge in [-0.25, -0.2) is 0 Å². The van der Waals surface area contributed by atoms with E-state index in [-0.39, 0.29) is 0 Å². The molecule has 3 nitrogen and oxygen atoms in total. The Balaban J connectivity index is 2.18. The van der Waals surface area contributed by atoms with Gasteiger partial charge in [-0.2, -0.15) is 0 Å². The van der Waals surface area contributed by atoms with E-state index in [0.717, 1.165) is 11.7 Å². The summed E-state index contributed by atoms with van der Waals surface area (Å²) in [5.41, 5.74) is 0. The molecule has 1 heterocycles. The summed E-state index contributed by atoms with van der Waals surface area (Å²) in [5, 5.41) is 6.94. The third kappa shape index (κ3) is 4.24.